The molecule has 1 rings (SSSR count). The maximum atomic E-state index is 11.4. The molecule has 19 heavy (non-hydrogen) atoms. The standard InChI is InChI=1S/C15H18O4/c1-2-18-12-6-9-14(16)19-15(17)11-10-13-7-4-3-5-8-13/h3-5,7-8,10-11H,2,6,9,12H2,1H3. The zero-order chi connectivity index (χ0) is 13.9. The van der Waals surface area contributed by atoms with Gasteiger partial charge in [0, 0.05) is 25.7 Å². The average Bonchev–Trinajstić information content (AvgIpc) is 2.42. The van der Waals surface area contributed by atoms with Crippen molar-refractivity contribution < 1.29 is 19.1 Å². The molecule has 0 fully saturated rings. The first-order valence-electron chi connectivity index (χ1n) is 6.28. The second kappa shape index (κ2) is 9.05. The van der Waals surface area contributed by atoms with Gasteiger partial charge in [0.15, 0.2) is 0 Å². The summed E-state index contributed by atoms with van der Waals surface area (Å²) in [6.45, 7) is 3.00. The van der Waals surface area contributed by atoms with E-state index in [2.05, 4.69) is 4.74 Å². The molecule has 0 atom stereocenters. The maximum absolute atomic E-state index is 11.4. The molecule has 0 unspecified atom stereocenters. The first-order valence-corrected chi connectivity index (χ1v) is 6.28. The predicted molar refractivity (Wildman–Crippen MR) is 72.3 cm³/mol. The summed E-state index contributed by atoms with van der Waals surface area (Å²) in [5.41, 5.74) is 0.878. The number of ether oxygens (including phenoxy) is 2. The fourth-order valence-corrected chi connectivity index (χ4v) is 1.39. The van der Waals surface area contributed by atoms with Crippen molar-refractivity contribution in [2.24, 2.45) is 0 Å². The lowest BCUT2D eigenvalue weighted by atomic mass is 10.2. The molecule has 0 radical (unpaired) electrons. The van der Waals surface area contributed by atoms with Crippen LogP contribution in [0.4, 0.5) is 0 Å². The van der Waals surface area contributed by atoms with Crippen LogP contribution < -0.4 is 0 Å². The lowest BCUT2D eigenvalue weighted by molar-refractivity contribution is -0.156. The van der Waals surface area contributed by atoms with E-state index in [1.165, 1.54) is 6.08 Å². The molecule has 0 bridgehead atoms. The summed E-state index contributed by atoms with van der Waals surface area (Å²) in [7, 11) is 0. The quantitative estimate of drug-likeness (QED) is 0.328. The van der Waals surface area contributed by atoms with Crippen LogP contribution in [0.5, 0.6) is 0 Å². The molecule has 0 heterocycles. The highest BCUT2D eigenvalue weighted by molar-refractivity contribution is 5.94. The van der Waals surface area contributed by atoms with Gasteiger partial charge in [0.05, 0.1) is 0 Å². The molecule has 0 aliphatic rings. The van der Waals surface area contributed by atoms with Crippen molar-refractivity contribution in [3.8, 4) is 0 Å². The summed E-state index contributed by atoms with van der Waals surface area (Å²) >= 11 is 0. The Hall–Kier alpha value is -1.94. The van der Waals surface area contributed by atoms with E-state index >= 15 is 0 Å². The van der Waals surface area contributed by atoms with E-state index in [0.29, 0.717) is 19.6 Å². The monoisotopic (exact) mass is 262 g/mol. The van der Waals surface area contributed by atoms with Crippen LogP contribution in [0.2, 0.25) is 0 Å². The van der Waals surface area contributed by atoms with Crippen LogP contribution in [-0.2, 0) is 19.1 Å². The van der Waals surface area contributed by atoms with Crippen LogP contribution in [0.25, 0.3) is 6.08 Å². The van der Waals surface area contributed by atoms with Gasteiger partial charge in [-0.15, -0.1) is 0 Å². The third kappa shape index (κ3) is 7.16. The topological polar surface area (TPSA) is 52.6 Å². The van der Waals surface area contributed by atoms with E-state index in [4.69, 9.17) is 4.74 Å². The Morgan fingerprint density at radius 3 is 2.63 bits per heavy atom. The molecule has 0 aliphatic heterocycles. The first kappa shape index (κ1) is 15.1. The Morgan fingerprint density at radius 2 is 1.95 bits per heavy atom. The average molecular weight is 262 g/mol. The molecule has 0 saturated carbocycles. The molecule has 102 valence electrons. The van der Waals surface area contributed by atoms with Gasteiger partial charge in [0.2, 0.25) is 0 Å². The Balaban J connectivity index is 2.27. The van der Waals surface area contributed by atoms with Gasteiger partial charge in [-0.05, 0) is 25.0 Å². The van der Waals surface area contributed by atoms with Crippen molar-refractivity contribution in [2.45, 2.75) is 19.8 Å². The van der Waals surface area contributed by atoms with Crippen molar-refractivity contribution in [1.82, 2.24) is 0 Å². The second-order valence-electron chi connectivity index (χ2n) is 3.84. The van der Waals surface area contributed by atoms with E-state index < -0.39 is 11.9 Å². The summed E-state index contributed by atoms with van der Waals surface area (Å²) in [6, 6.07) is 9.33. The molecule has 0 amide bonds. The number of hydrogen-bond donors (Lipinski definition) is 0. The van der Waals surface area contributed by atoms with Crippen molar-refractivity contribution in [1.29, 1.82) is 0 Å². The van der Waals surface area contributed by atoms with Crippen molar-refractivity contribution in [3.05, 3.63) is 42.0 Å². The molecule has 1 aromatic carbocycles. The van der Waals surface area contributed by atoms with Crippen LogP contribution in [0.1, 0.15) is 25.3 Å². The van der Waals surface area contributed by atoms with Crippen LogP contribution in [-0.4, -0.2) is 25.2 Å². The minimum atomic E-state index is -0.648. The molecule has 0 spiro atoms. The van der Waals surface area contributed by atoms with Gasteiger partial charge >= 0.3 is 11.9 Å². The summed E-state index contributed by atoms with van der Waals surface area (Å²) in [5, 5.41) is 0. The molecular formula is C15H18O4. The van der Waals surface area contributed by atoms with Gasteiger partial charge in [-0.3, -0.25) is 4.79 Å². The zero-order valence-corrected chi connectivity index (χ0v) is 11.0. The fraction of sp³-hybridized carbons (Fsp3) is 0.333. The van der Waals surface area contributed by atoms with Crippen molar-refractivity contribution in [2.75, 3.05) is 13.2 Å². The van der Waals surface area contributed by atoms with Gasteiger partial charge in [-0.2, -0.15) is 0 Å². The number of hydrogen-bond acceptors (Lipinski definition) is 4. The third-order valence-electron chi connectivity index (χ3n) is 2.30. The Bertz CT molecular complexity index is 423. The lowest BCUT2D eigenvalue weighted by Gasteiger charge is -2.01. The minimum Gasteiger partial charge on any atom is -0.390 e. The Kier molecular flexibility index (Phi) is 7.20. The predicted octanol–water partition coefficient (Wildman–Crippen LogP) is 2.59. The van der Waals surface area contributed by atoms with Crippen LogP contribution in [0, 0.1) is 0 Å². The van der Waals surface area contributed by atoms with E-state index in [1.807, 2.05) is 37.3 Å². The summed E-state index contributed by atoms with van der Waals surface area (Å²) in [4.78, 5) is 22.6. The highest BCUT2D eigenvalue weighted by atomic mass is 16.6. The summed E-state index contributed by atoms with van der Waals surface area (Å²) in [6.07, 6.45) is 3.60. The van der Waals surface area contributed by atoms with Crippen molar-refractivity contribution in [3.63, 3.8) is 0 Å². The smallest absolute Gasteiger partial charge is 0.338 e. The van der Waals surface area contributed by atoms with E-state index in [-0.39, 0.29) is 6.42 Å². The lowest BCUT2D eigenvalue weighted by Crippen LogP contribution is -2.10. The normalized spacial score (nSPS) is 10.6. The second-order valence-corrected chi connectivity index (χ2v) is 3.84. The van der Waals surface area contributed by atoms with Crippen molar-refractivity contribution >= 4 is 18.0 Å². The minimum absolute atomic E-state index is 0.185. The number of carbonyl (C=O) groups is 2. The van der Waals surface area contributed by atoms with Crippen LogP contribution >= 0.6 is 0 Å². The SMILES string of the molecule is CCOCCCC(=O)OC(=O)C=Cc1ccccc1. The largest absolute Gasteiger partial charge is 0.390 e. The van der Waals surface area contributed by atoms with Crippen LogP contribution in [0.15, 0.2) is 36.4 Å². The van der Waals surface area contributed by atoms with E-state index in [1.54, 1.807) is 6.08 Å². The number of carbonyl (C=O) groups excluding carboxylic acids is 2. The molecule has 0 N–H and O–H groups in total. The molecular weight excluding hydrogens is 244 g/mol. The number of benzene rings is 1. The molecule has 0 aliphatic carbocycles. The van der Waals surface area contributed by atoms with Crippen LogP contribution in [0.3, 0.4) is 0 Å². The molecule has 1 aromatic rings. The number of esters is 2. The highest BCUT2D eigenvalue weighted by Gasteiger charge is 2.07. The van der Waals surface area contributed by atoms with Gasteiger partial charge in [0.1, 0.15) is 0 Å². The summed E-state index contributed by atoms with van der Waals surface area (Å²) in [5.74, 6) is -1.17. The Morgan fingerprint density at radius 1 is 1.21 bits per heavy atom. The van der Waals surface area contributed by atoms with Gasteiger partial charge in [-0.1, -0.05) is 30.3 Å². The van der Waals surface area contributed by atoms with Gasteiger partial charge in [0.25, 0.3) is 0 Å². The fourth-order valence-electron chi connectivity index (χ4n) is 1.39. The maximum Gasteiger partial charge on any atom is 0.338 e. The van der Waals surface area contributed by atoms with Gasteiger partial charge < -0.3 is 9.47 Å². The van der Waals surface area contributed by atoms with E-state index in [0.717, 1.165) is 5.56 Å². The first-order chi connectivity index (χ1) is 9.22. The Labute approximate surface area is 113 Å². The zero-order valence-electron chi connectivity index (χ0n) is 11.0. The van der Waals surface area contributed by atoms with E-state index in [9.17, 15) is 9.59 Å². The highest BCUT2D eigenvalue weighted by Crippen LogP contribution is 2.02. The summed E-state index contributed by atoms with van der Waals surface area (Å²) < 4.78 is 9.72. The third-order valence-corrected chi connectivity index (χ3v) is 2.30. The molecule has 4 nitrogen and oxygen atoms in total. The molecule has 4 heteroatoms. The number of rotatable bonds is 7. The molecule has 0 aromatic heterocycles. The van der Waals surface area contributed by atoms with Gasteiger partial charge in [-0.25, -0.2) is 4.79 Å². The molecule has 0 saturated heterocycles.